The highest BCUT2D eigenvalue weighted by Crippen LogP contribution is 2.26. The average molecular weight is 535 g/mol. The standard InChI is InChI=1S/C21H27F2N3O3.HI/c1-3-24-21(26-14-17(27)11-15-7-5-4-6-8-15)25-13-16-12-18(28-2)9-10-19(16)29-20(22)23;/h4-10,12,17,20,27H,3,11,13-14H2,1-2H3,(H2,24,25,26);1H. The van der Waals surface area contributed by atoms with E-state index in [2.05, 4.69) is 20.4 Å². The Labute approximate surface area is 192 Å². The highest BCUT2D eigenvalue weighted by molar-refractivity contribution is 14.0. The molecule has 0 heterocycles. The summed E-state index contributed by atoms with van der Waals surface area (Å²) >= 11 is 0. The van der Waals surface area contributed by atoms with Crippen molar-refractivity contribution in [2.75, 3.05) is 20.2 Å². The lowest BCUT2D eigenvalue weighted by molar-refractivity contribution is -0.0504. The van der Waals surface area contributed by atoms with Crippen LogP contribution in [0.4, 0.5) is 8.78 Å². The van der Waals surface area contributed by atoms with Crippen LogP contribution in [0, 0.1) is 0 Å². The van der Waals surface area contributed by atoms with E-state index in [1.54, 1.807) is 12.1 Å². The number of halogens is 3. The number of guanidine groups is 1. The lowest BCUT2D eigenvalue weighted by Gasteiger charge is -2.16. The van der Waals surface area contributed by atoms with Gasteiger partial charge >= 0.3 is 6.61 Å². The van der Waals surface area contributed by atoms with E-state index in [1.807, 2.05) is 37.3 Å². The normalized spacial score (nSPS) is 12.1. The summed E-state index contributed by atoms with van der Waals surface area (Å²) in [7, 11) is 1.50. The van der Waals surface area contributed by atoms with Gasteiger partial charge < -0.3 is 25.2 Å². The molecule has 9 heteroatoms. The highest BCUT2D eigenvalue weighted by atomic mass is 127. The molecule has 0 amide bonds. The van der Waals surface area contributed by atoms with Crippen molar-refractivity contribution in [3.05, 3.63) is 59.7 Å². The number of nitrogens with zero attached hydrogens (tertiary/aromatic N) is 1. The fourth-order valence-corrected chi connectivity index (χ4v) is 2.70. The van der Waals surface area contributed by atoms with Crippen molar-refractivity contribution in [3.63, 3.8) is 0 Å². The Morgan fingerprint density at radius 2 is 1.87 bits per heavy atom. The largest absolute Gasteiger partial charge is 0.497 e. The van der Waals surface area contributed by atoms with Crippen LogP contribution in [0.1, 0.15) is 18.1 Å². The van der Waals surface area contributed by atoms with Crippen molar-refractivity contribution >= 4 is 29.9 Å². The predicted octanol–water partition coefficient (Wildman–Crippen LogP) is 3.57. The zero-order valence-corrected chi connectivity index (χ0v) is 19.3. The van der Waals surface area contributed by atoms with Gasteiger partial charge in [0.1, 0.15) is 11.5 Å². The van der Waals surface area contributed by atoms with Gasteiger partial charge in [0.2, 0.25) is 0 Å². The van der Waals surface area contributed by atoms with Crippen LogP contribution in [0.15, 0.2) is 53.5 Å². The summed E-state index contributed by atoms with van der Waals surface area (Å²) in [6, 6.07) is 14.3. The number of alkyl halides is 2. The third-order valence-electron chi connectivity index (χ3n) is 4.05. The SMILES string of the molecule is CCNC(=NCc1cc(OC)ccc1OC(F)F)NCC(O)Cc1ccccc1.I. The minimum atomic E-state index is -2.93. The van der Waals surface area contributed by atoms with E-state index in [4.69, 9.17) is 4.74 Å². The first-order chi connectivity index (χ1) is 14.0. The van der Waals surface area contributed by atoms with E-state index in [-0.39, 0.29) is 36.3 Å². The van der Waals surface area contributed by atoms with Crippen LogP contribution in [0.3, 0.4) is 0 Å². The number of hydrogen-bond acceptors (Lipinski definition) is 4. The lowest BCUT2D eigenvalue weighted by Crippen LogP contribution is -2.41. The Kier molecular flexibility index (Phi) is 12.1. The fraction of sp³-hybridized carbons (Fsp3) is 0.381. The third-order valence-corrected chi connectivity index (χ3v) is 4.05. The van der Waals surface area contributed by atoms with Gasteiger partial charge in [-0.1, -0.05) is 30.3 Å². The maximum Gasteiger partial charge on any atom is 0.387 e. The van der Waals surface area contributed by atoms with Crippen LogP contribution in [-0.4, -0.2) is 44.0 Å². The number of aliphatic imine (C=N–C) groups is 1. The van der Waals surface area contributed by atoms with E-state index in [9.17, 15) is 13.9 Å². The molecule has 0 aromatic heterocycles. The molecule has 2 aromatic rings. The van der Waals surface area contributed by atoms with Gasteiger partial charge in [0.15, 0.2) is 5.96 Å². The summed E-state index contributed by atoms with van der Waals surface area (Å²) in [5.74, 6) is 1.03. The maximum atomic E-state index is 12.6. The van der Waals surface area contributed by atoms with Gasteiger partial charge in [-0.15, -0.1) is 24.0 Å². The molecule has 0 saturated carbocycles. The highest BCUT2D eigenvalue weighted by Gasteiger charge is 2.12. The molecule has 2 aromatic carbocycles. The van der Waals surface area contributed by atoms with E-state index < -0.39 is 12.7 Å². The number of ether oxygens (including phenoxy) is 2. The molecule has 6 nitrogen and oxygen atoms in total. The van der Waals surface area contributed by atoms with Crippen LogP contribution in [0.25, 0.3) is 0 Å². The zero-order valence-electron chi connectivity index (χ0n) is 17.0. The van der Waals surface area contributed by atoms with E-state index >= 15 is 0 Å². The van der Waals surface area contributed by atoms with Crippen LogP contribution in [0.5, 0.6) is 11.5 Å². The van der Waals surface area contributed by atoms with Crippen molar-refractivity contribution in [2.45, 2.75) is 32.6 Å². The van der Waals surface area contributed by atoms with Gasteiger partial charge in [-0.25, -0.2) is 4.99 Å². The molecule has 3 N–H and O–H groups in total. The maximum absolute atomic E-state index is 12.6. The topological polar surface area (TPSA) is 75.1 Å². The molecule has 0 radical (unpaired) electrons. The van der Waals surface area contributed by atoms with Gasteiger partial charge in [-0.3, -0.25) is 0 Å². The lowest BCUT2D eigenvalue weighted by atomic mass is 10.1. The third kappa shape index (κ3) is 9.12. The van der Waals surface area contributed by atoms with Crippen molar-refractivity contribution in [2.24, 2.45) is 4.99 Å². The van der Waals surface area contributed by atoms with Crippen LogP contribution >= 0.6 is 24.0 Å². The number of nitrogens with one attached hydrogen (secondary N) is 2. The van der Waals surface area contributed by atoms with E-state index in [0.717, 1.165) is 5.56 Å². The number of methoxy groups -OCH3 is 1. The summed E-state index contributed by atoms with van der Waals surface area (Å²) in [5, 5.41) is 16.4. The van der Waals surface area contributed by atoms with E-state index in [1.165, 1.54) is 13.2 Å². The molecular formula is C21H28F2IN3O3. The molecule has 0 aliphatic carbocycles. The first-order valence-electron chi connectivity index (χ1n) is 9.37. The summed E-state index contributed by atoms with van der Waals surface area (Å²) in [6.07, 6.45) is -0.0917. The number of aliphatic hydroxyl groups excluding tert-OH is 1. The molecule has 2 rings (SSSR count). The molecule has 0 spiro atoms. The van der Waals surface area contributed by atoms with Crippen LogP contribution < -0.4 is 20.1 Å². The van der Waals surface area contributed by atoms with Gasteiger partial charge in [-0.2, -0.15) is 8.78 Å². The number of benzene rings is 2. The first kappa shape index (κ1) is 25.9. The number of rotatable bonds is 10. The molecule has 0 bridgehead atoms. The molecule has 0 saturated heterocycles. The summed E-state index contributed by atoms with van der Waals surface area (Å²) < 4.78 is 35.0. The van der Waals surface area contributed by atoms with Crippen molar-refractivity contribution < 1.29 is 23.4 Å². The van der Waals surface area contributed by atoms with Gasteiger partial charge in [0.05, 0.1) is 19.8 Å². The second-order valence-corrected chi connectivity index (χ2v) is 6.27. The van der Waals surface area contributed by atoms with Crippen molar-refractivity contribution in [1.29, 1.82) is 0 Å². The molecule has 0 aliphatic rings. The smallest absolute Gasteiger partial charge is 0.387 e. The zero-order chi connectivity index (χ0) is 21.1. The van der Waals surface area contributed by atoms with Gasteiger partial charge in [0, 0.05) is 25.1 Å². The van der Waals surface area contributed by atoms with E-state index in [0.29, 0.717) is 36.8 Å². The monoisotopic (exact) mass is 535 g/mol. The Bertz CT molecular complexity index is 779. The Morgan fingerprint density at radius 3 is 2.50 bits per heavy atom. The number of hydrogen-bond donors (Lipinski definition) is 3. The van der Waals surface area contributed by atoms with Gasteiger partial charge in [0.25, 0.3) is 0 Å². The first-order valence-corrected chi connectivity index (χ1v) is 9.37. The van der Waals surface area contributed by atoms with Gasteiger partial charge in [-0.05, 0) is 30.7 Å². The Balaban J connectivity index is 0.00000450. The quantitative estimate of drug-likeness (QED) is 0.247. The molecule has 166 valence electrons. The molecule has 1 unspecified atom stereocenters. The van der Waals surface area contributed by atoms with Crippen molar-refractivity contribution in [1.82, 2.24) is 10.6 Å². The molecule has 0 fully saturated rings. The summed E-state index contributed by atoms with van der Waals surface area (Å²) in [5.41, 5.74) is 1.50. The Hall–Kier alpha value is -2.14. The molecule has 0 aliphatic heterocycles. The minimum Gasteiger partial charge on any atom is -0.497 e. The minimum absolute atomic E-state index is 0. The fourth-order valence-electron chi connectivity index (χ4n) is 2.70. The average Bonchev–Trinajstić information content (AvgIpc) is 2.71. The van der Waals surface area contributed by atoms with Crippen LogP contribution in [0.2, 0.25) is 0 Å². The second-order valence-electron chi connectivity index (χ2n) is 6.27. The number of aliphatic hydroxyl groups is 1. The second kappa shape index (κ2) is 14.0. The predicted molar refractivity (Wildman–Crippen MR) is 124 cm³/mol. The summed E-state index contributed by atoms with van der Waals surface area (Å²) in [4.78, 5) is 4.41. The molecule has 30 heavy (non-hydrogen) atoms. The van der Waals surface area contributed by atoms with Crippen molar-refractivity contribution in [3.8, 4) is 11.5 Å². The molecular weight excluding hydrogens is 507 g/mol. The Morgan fingerprint density at radius 1 is 1.13 bits per heavy atom. The molecule has 1 atom stereocenters. The van der Waals surface area contributed by atoms with Crippen LogP contribution in [-0.2, 0) is 13.0 Å². The summed E-state index contributed by atoms with van der Waals surface area (Å²) in [6.45, 7) is -0.0125.